The number of benzene rings is 4. The Hall–Kier alpha value is -5.09. The first-order valence-electron chi connectivity index (χ1n) is 16.9. The first-order valence-corrected chi connectivity index (χ1v) is 18.0. The number of nitrogens with two attached hydrogens (primary N) is 1. The van der Waals surface area contributed by atoms with Gasteiger partial charge in [0.1, 0.15) is 24.7 Å². The van der Waals surface area contributed by atoms with Gasteiger partial charge in [-0.15, -0.1) is 11.8 Å². The monoisotopic (exact) mass is 690 g/mol. The molecule has 3 atom stereocenters. The van der Waals surface area contributed by atoms with Gasteiger partial charge in [-0.2, -0.15) is 0 Å². The molecule has 0 bridgehead atoms. The minimum Gasteiger partial charge on any atom is -0.449 e. The van der Waals surface area contributed by atoms with E-state index in [4.69, 9.17) is 10.5 Å². The second-order valence-electron chi connectivity index (χ2n) is 13.2. The molecule has 0 aliphatic heterocycles. The molecule has 2 aliphatic carbocycles. The first-order chi connectivity index (χ1) is 24.1. The summed E-state index contributed by atoms with van der Waals surface area (Å²) in [5.74, 6) is -1.56. The molecule has 0 saturated carbocycles. The van der Waals surface area contributed by atoms with Gasteiger partial charge >= 0.3 is 6.09 Å². The lowest BCUT2D eigenvalue weighted by atomic mass is 9.98. The minimum absolute atomic E-state index is 0.0615. The molecule has 50 heavy (non-hydrogen) atoms. The van der Waals surface area contributed by atoms with Crippen molar-refractivity contribution in [3.8, 4) is 22.3 Å². The van der Waals surface area contributed by atoms with Crippen molar-refractivity contribution >= 4 is 35.6 Å². The highest BCUT2D eigenvalue weighted by atomic mass is 32.2. The molecule has 4 amide bonds. The molecule has 0 unspecified atom stereocenters. The van der Waals surface area contributed by atoms with Crippen molar-refractivity contribution in [2.45, 2.75) is 56.5 Å². The Morgan fingerprint density at radius 1 is 0.660 bits per heavy atom. The van der Waals surface area contributed by atoms with E-state index in [1.165, 1.54) is 18.7 Å². The first kappa shape index (κ1) is 34.8. The largest absolute Gasteiger partial charge is 0.449 e. The number of fused-ring (bicyclic) bond motifs is 6. The molecule has 5 N–H and O–H groups in total. The van der Waals surface area contributed by atoms with Gasteiger partial charge in [-0.1, -0.05) is 111 Å². The summed E-state index contributed by atoms with van der Waals surface area (Å²) in [5, 5.41) is 8.14. The van der Waals surface area contributed by atoms with Crippen LogP contribution < -0.4 is 21.7 Å². The molecule has 2 aliphatic rings. The Morgan fingerprint density at radius 2 is 1.12 bits per heavy atom. The fraction of sp³-hybridized carbons (Fsp3) is 0.300. The summed E-state index contributed by atoms with van der Waals surface area (Å²) in [5.41, 5.74) is 14.6. The molecule has 9 nitrogen and oxygen atoms in total. The summed E-state index contributed by atoms with van der Waals surface area (Å²) in [6, 6.07) is 29.5. The summed E-state index contributed by atoms with van der Waals surface area (Å²) >= 11 is 1.53. The van der Waals surface area contributed by atoms with E-state index in [0.717, 1.165) is 44.5 Å². The molecular weight excluding hydrogens is 649 g/mol. The van der Waals surface area contributed by atoms with Crippen LogP contribution in [-0.2, 0) is 19.1 Å². The molecule has 0 spiro atoms. The second kappa shape index (κ2) is 15.2. The highest BCUT2D eigenvalue weighted by molar-refractivity contribution is 7.99. The summed E-state index contributed by atoms with van der Waals surface area (Å²) in [6.07, 6.45) is -0.382. The zero-order valence-corrected chi connectivity index (χ0v) is 29.2. The van der Waals surface area contributed by atoms with Crippen LogP contribution in [0.4, 0.5) is 4.79 Å². The molecule has 4 aromatic rings. The number of carbonyl (C=O) groups excluding carboxylic acids is 4. The van der Waals surface area contributed by atoms with Gasteiger partial charge in [0.25, 0.3) is 0 Å². The standard InChI is InChI=1S/C40H42N4O5S/c1-23(2)20-34(37(41)45)43-39(47)35(22-50-36-31-18-10-8-14-27(31)28-15-9-11-19-32(28)36)44-38(46)24(3)42-40(48)49-21-33-29-16-6-4-12-25(29)26-13-5-7-17-30(26)33/h4-19,23-24,33-36H,20-22H2,1-3H3,(H2,41,45)(H,42,48)(H,43,47)(H,44,46)/t24-,34-,35-/m0/s1. The predicted molar refractivity (Wildman–Crippen MR) is 196 cm³/mol. The van der Waals surface area contributed by atoms with E-state index in [1.807, 2.05) is 74.5 Å². The van der Waals surface area contributed by atoms with Crippen LogP contribution in [0.1, 0.15) is 60.6 Å². The third kappa shape index (κ3) is 7.40. The van der Waals surface area contributed by atoms with E-state index < -0.39 is 41.9 Å². The summed E-state index contributed by atoms with van der Waals surface area (Å²) < 4.78 is 5.65. The van der Waals surface area contributed by atoms with Gasteiger partial charge in [0.05, 0.1) is 5.25 Å². The van der Waals surface area contributed by atoms with Crippen molar-refractivity contribution in [2.24, 2.45) is 11.7 Å². The molecule has 0 fully saturated rings. The van der Waals surface area contributed by atoms with E-state index in [-0.39, 0.29) is 29.4 Å². The average molecular weight is 691 g/mol. The van der Waals surface area contributed by atoms with E-state index >= 15 is 0 Å². The van der Waals surface area contributed by atoms with Gasteiger partial charge < -0.3 is 26.4 Å². The fourth-order valence-corrected chi connectivity index (χ4v) is 8.22. The van der Waals surface area contributed by atoms with Crippen molar-refractivity contribution in [3.05, 3.63) is 119 Å². The van der Waals surface area contributed by atoms with Crippen molar-refractivity contribution in [1.29, 1.82) is 0 Å². The molecule has 0 aromatic heterocycles. The number of alkyl carbamates (subject to hydrolysis) is 1. The third-order valence-corrected chi connectivity index (χ3v) is 10.6. The lowest BCUT2D eigenvalue weighted by molar-refractivity contribution is -0.131. The lowest BCUT2D eigenvalue weighted by Crippen LogP contribution is -2.57. The van der Waals surface area contributed by atoms with Crippen LogP contribution in [0.15, 0.2) is 97.1 Å². The number of rotatable bonds is 13. The zero-order valence-electron chi connectivity index (χ0n) is 28.3. The predicted octanol–water partition coefficient (Wildman–Crippen LogP) is 5.92. The summed E-state index contributed by atoms with van der Waals surface area (Å²) in [7, 11) is 0. The zero-order chi connectivity index (χ0) is 35.4. The van der Waals surface area contributed by atoms with Gasteiger partial charge in [0.2, 0.25) is 17.7 Å². The smallest absolute Gasteiger partial charge is 0.407 e. The molecule has 258 valence electrons. The molecule has 0 saturated heterocycles. The normalized spacial score (nSPS) is 14.8. The maximum atomic E-state index is 13.7. The lowest BCUT2D eigenvalue weighted by Gasteiger charge is -2.25. The number of thioether (sulfide) groups is 1. The number of ether oxygens (including phenoxy) is 1. The highest BCUT2D eigenvalue weighted by Gasteiger charge is 2.33. The van der Waals surface area contributed by atoms with Gasteiger partial charge in [0, 0.05) is 11.7 Å². The minimum atomic E-state index is -1.02. The van der Waals surface area contributed by atoms with Gasteiger partial charge in [0.15, 0.2) is 0 Å². The highest BCUT2D eigenvalue weighted by Crippen LogP contribution is 2.50. The van der Waals surface area contributed by atoms with Crippen LogP contribution in [0.25, 0.3) is 22.3 Å². The van der Waals surface area contributed by atoms with E-state index in [2.05, 4.69) is 52.3 Å². The molecule has 0 heterocycles. The topological polar surface area (TPSA) is 140 Å². The average Bonchev–Trinajstić information content (AvgIpc) is 3.60. The molecule has 6 rings (SSSR count). The number of nitrogens with one attached hydrogen (secondary N) is 3. The van der Waals surface area contributed by atoms with Crippen LogP contribution in [0.5, 0.6) is 0 Å². The third-order valence-electron chi connectivity index (χ3n) is 9.28. The van der Waals surface area contributed by atoms with Crippen LogP contribution in [0, 0.1) is 5.92 Å². The van der Waals surface area contributed by atoms with Crippen molar-refractivity contribution in [1.82, 2.24) is 16.0 Å². The van der Waals surface area contributed by atoms with E-state index in [9.17, 15) is 19.2 Å². The summed E-state index contributed by atoms with van der Waals surface area (Å²) in [4.78, 5) is 52.4. The Labute approximate surface area is 296 Å². The Morgan fingerprint density at radius 3 is 1.62 bits per heavy atom. The summed E-state index contributed by atoms with van der Waals surface area (Å²) in [6.45, 7) is 5.50. The molecule has 0 radical (unpaired) electrons. The number of amides is 4. The molecule has 4 aromatic carbocycles. The Kier molecular flexibility index (Phi) is 10.6. The van der Waals surface area contributed by atoms with E-state index in [0.29, 0.717) is 6.42 Å². The number of hydrogen-bond acceptors (Lipinski definition) is 6. The number of primary amides is 1. The van der Waals surface area contributed by atoms with Crippen molar-refractivity contribution in [3.63, 3.8) is 0 Å². The van der Waals surface area contributed by atoms with Crippen molar-refractivity contribution < 1.29 is 23.9 Å². The van der Waals surface area contributed by atoms with Crippen molar-refractivity contribution in [2.75, 3.05) is 12.4 Å². The van der Waals surface area contributed by atoms with Crippen LogP contribution in [0.3, 0.4) is 0 Å². The Balaban J connectivity index is 1.13. The number of hydrogen-bond donors (Lipinski definition) is 4. The molecule has 10 heteroatoms. The Bertz CT molecular complexity index is 1820. The van der Waals surface area contributed by atoms with Crippen LogP contribution in [0.2, 0.25) is 0 Å². The fourth-order valence-electron chi connectivity index (χ4n) is 6.83. The van der Waals surface area contributed by atoms with Gasteiger partial charge in [-0.05, 0) is 63.8 Å². The van der Waals surface area contributed by atoms with E-state index in [1.54, 1.807) is 0 Å². The second-order valence-corrected chi connectivity index (χ2v) is 14.4. The quantitative estimate of drug-likeness (QED) is 0.137. The van der Waals surface area contributed by atoms with Crippen LogP contribution in [-0.4, -0.2) is 54.3 Å². The van der Waals surface area contributed by atoms with Crippen LogP contribution >= 0.6 is 11.8 Å². The van der Waals surface area contributed by atoms with Gasteiger partial charge in [-0.3, -0.25) is 14.4 Å². The molecular formula is C40H42N4O5S. The maximum Gasteiger partial charge on any atom is 0.407 e. The SMILES string of the molecule is CC(C)C[C@H](NC(=O)[C@H](CSC1c2ccccc2-c2ccccc21)NC(=O)[C@H](C)NC(=O)OCC1c2ccccc2-c2ccccc21)C(N)=O. The maximum absolute atomic E-state index is 13.7. The van der Waals surface area contributed by atoms with Gasteiger partial charge in [-0.25, -0.2) is 4.79 Å². The number of carbonyl (C=O) groups is 4.